The number of carbonyl (C=O) groups excluding carboxylic acids is 2. The topological polar surface area (TPSA) is 105 Å². The fraction of sp³-hybridized carbons (Fsp3) is 0.200. The predicted molar refractivity (Wildman–Crippen MR) is 105 cm³/mol. The Balaban J connectivity index is 1.74. The molecule has 0 aromatic heterocycles. The van der Waals surface area contributed by atoms with E-state index in [1.165, 1.54) is 17.0 Å². The third-order valence-electron chi connectivity index (χ3n) is 5.16. The van der Waals surface area contributed by atoms with E-state index in [2.05, 4.69) is 5.32 Å². The SMILES string of the molecule is COc1ccc(N2CC3=C(C2=O)[C@@H](c2cccc([N+](=O)[O-])c2)NC(=O)N3C)cc1. The predicted octanol–water partition coefficient (Wildman–Crippen LogP) is 2.60. The minimum Gasteiger partial charge on any atom is -0.497 e. The molecule has 9 heteroatoms. The van der Waals surface area contributed by atoms with Gasteiger partial charge in [0.15, 0.2) is 0 Å². The third kappa shape index (κ3) is 3.06. The first-order chi connectivity index (χ1) is 13.9. The summed E-state index contributed by atoms with van der Waals surface area (Å²) >= 11 is 0. The lowest BCUT2D eigenvalue weighted by atomic mass is 9.95. The first kappa shape index (κ1) is 18.5. The van der Waals surface area contributed by atoms with E-state index in [0.717, 1.165) is 0 Å². The van der Waals surface area contributed by atoms with E-state index in [0.29, 0.717) is 28.3 Å². The number of rotatable bonds is 4. The molecule has 1 N–H and O–H groups in total. The number of amides is 3. The molecule has 0 fully saturated rings. The van der Waals surface area contributed by atoms with Crippen molar-refractivity contribution in [1.29, 1.82) is 0 Å². The van der Waals surface area contributed by atoms with Crippen LogP contribution in [0.1, 0.15) is 11.6 Å². The van der Waals surface area contributed by atoms with Crippen LogP contribution in [0.25, 0.3) is 0 Å². The van der Waals surface area contributed by atoms with E-state index in [1.54, 1.807) is 55.5 Å². The normalized spacial score (nSPS) is 18.6. The van der Waals surface area contributed by atoms with Gasteiger partial charge in [0.25, 0.3) is 11.6 Å². The van der Waals surface area contributed by atoms with E-state index in [1.807, 2.05) is 0 Å². The quantitative estimate of drug-likeness (QED) is 0.634. The lowest BCUT2D eigenvalue weighted by Crippen LogP contribution is -2.45. The minimum atomic E-state index is -0.760. The van der Waals surface area contributed by atoms with Crippen molar-refractivity contribution in [3.8, 4) is 5.75 Å². The van der Waals surface area contributed by atoms with Crippen molar-refractivity contribution >= 4 is 23.3 Å². The summed E-state index contributed by atoms with van der Waals surface area (Å²) in [6.45, 7) is 0.232. The smallest absolute Gasteiger partial charge is 0.322 e. The second-order valence-corrected chi connectivity index (χ2v) is 6.74. The van der Waals surface area contributed by atoms with Crippen molar-refractivity contribution in [2.24, 2.45) is 0 Å². The highest BCUT2D eigenvalue weighted by atomic mass is 16.6. The molecule has 0 spiro atoms. The number of benzene rings is 2. The van der Waals surface area contributed by atoms with E-state index < -0.39 is 11.0 Å². The summed E-state index contributed by atoms with van der Waals surface area (Å²) in [7, 11) is 3.16. The summed E-state index contributed by atoms with van der Waals surface area (Å²) in [4.78, 5) is 39.4. The highest BCUT2D eigenvalue weighted by molar-refractivity contribution is 6.11. The molecular weight excluding hydrogens is 376 g/mol. The van der Waals surface area contributed by atoms with Crippen molar-refractivity contribution in [3.63, 3.8) is 0 Å². The van der Waals surface area contributed by atoms with Gasteiger partial charge in [-0.25, -0.2) is 4.79 Å². The molecule has 148 valence electrons. The Morgan fingerprint density at radius 2 is 1.90 bits per heavy atom. The van der Waals surface area contributed by atoms with Gasteiger partial charge in [-0.3, -0.25) is 19.8 Å². The Morgan fingerprint density at radius 1 is 1.17 bits per heavy atom. The fourth-order valence-corrected chi connectivity index (χ4v) is 3.61. The maximum absolute atomic E-state index is 13.3. The van der Waals surface area contributed by atoms with E-state index in [4.69, 9.17) is 4.74 Å². The number of ether oxygens (including phenoxy) is 1. The Bertz CT molecular complexity index is 1050. The van der Waals surface area contributed by atoms with Gasteiger partial charge in [-0.1, -0.05) is 12.1 Å². The number of non-ortho nitro benzene ring substituents is 1. The molecule has 4 rings (SSSR count). The molecular formula is C20H18N4O5. The van der Waals surface area contributed by atoms with Gasteiger partial charge in [0.2, 0.25) is 0 Å². The van der Waals surface area contributed by atoms with Crippen molar-refractivity contribution < 1.29 is 19.2 Å². The number of hydrogen-bond acceptors (Lipinski definition) is 5. The Morgan fingerprint density at radius 3 is 2.55 bits per heavy atom. The van der Waals surface area contributed by atoms with Gasteiger partial charge in [0.1, 0.15) is 5.75 Å². The second kappa shape index (κ2) is 6.93. The van der Waals surface area contributed by atoms with Crippen LogP contribution in [0.5, 0.6) is 5.75 Å². The maximum Gasteiger partial charge on any atom is 0.322 e. The van der Waals surface area contributed by atoms with Gasteiger partial charge < -0.3 is 15.0 Å². The molecule has 0 aliphatic carbocycles. The first-order valence-electron chi connectivity index (χ1n) is 8.88. The third-order valence-corrected chi connectivity index (χ3v) is 5.16. The van der Waals surface area contributed by atoms with Crippen LogP contribution < -0.4 is 15.0 Å². The number of nitrogens with zero attached hydrogens (tertiary/aromatic N) is 3. The van der Waals surface area contributed by atoms with Crippen LogP contribution in [0.4, 0.5) is 16.2 Å². The zero-order valence-corrected chi connectivity index (χ0v) is 15.8. The fourth-order valence-electron chi connectivity index (χ4n) is 3.61. The summed E-state index contributed by atoms with van der Waals surface area (Å²) in [5.41, 5.74) is 2.03. The number of nitro benzene ring substituents is 1. The molecule has 2 aliphatic rings. The molecule has 0 bridgehead atoms. The van der Waals surface area contributed by atoms with Crippen LogP contribution >= 0.6 is 0 Å². The summed E-state index contributed by atoms with van der Waals surface area (Å²) < 4.78 is 5.16. The molecule has 0 unspecified atom stereocenters. The Hall–Kier alpha value is -3.88. The van der Waals surface area contributed by atoms with Gasteiger partial charge in [0.05, 0.1) is 35.9 Å². The van der Waals surface area contributed by atoms with Crippen LogP contribution in [-0.4, -0.2) is 42.5 Å². The summed E-state index contributed by atoms with van der Waals surface area (Å²) in [5.74, 6) is 0.412. The van der Waals surface area contributed by atoms with Crippen molar-refractivity contribution in [3.05, 3.63) is 75.5 Å². The molecule has 2 aromatic rings. The molecule has 9 nitrogen and oxygen atoms in total. The lowest BCUT2D eigenvalue weighted by molar-refractivity contribution is -0.384. The molecule has 1 atom stereocenters. The number of likely N-dealkylation sites (N-methyl/N-ethyl adjacent to an activating group) is 1. The number of nitrogens with one attached hydrogen (secondary N) is 1. The molecule has 2 heterocycles. The number of carbonyl (C=O) groups is 2. The van der Waals surface area contributed by atoms with Gasteiger partial charge in [-0.15, -0.1) is 0 Å². The van der Waals surface area contributed by atoms with Crippen molar-refractivity contribution in [1.82, 2.24) is 10.2 Å². The Labute approximate surface area is 166 Å². The minimum absolute atomic E-state index is 0.102. The standard InChI is InChI=1S/C20H18N4O5/c1-22-16-11-23(13-6-8-15(29-2)9-7-13)19(25)17(16)18(21-20(22)26)12-4-3-5-14(10-12)24(27)28/h3-10,18H,11H2,1-2H3,(H,21,26)/t18-/m1/s1. The number of nitro groups is 1. The number of methoxy groups -OCH3 is 1. The zero-order valence-electron chi connectivity index (χ0n) is 15.8. The van der Waals surface area contributed by atoms with E-state index in [-0.39, 0.29) is 24.2 Å². The zero-order chi connectivity index (χ0) is 20.7. The molecule has 3 amide bonds. The molecule has 0 saturated heterocycles. The van der Waals surface area contributed by atoms with Crippen molar-refractivity contribution in [2.45, 2.75) is 6.04 Å². The highest BCUT2D eigenvalue weighted by Crippen LogP contribution is 2.38. The lowest BCUT2D eigenvalue weighted by Gasteiger charge is -2.30. The molecule has 0 radical (unpaired) electrons. The number of anilines is 1. The molecule has 2 aromatic carbocycles. The van der Waals surface area contributed by atoms with Gasteiger partial charge in [-0.05, 0) is 29.8 Å². The van der Waals surface area contributed by atoms with Crippen LogP contribution in [0.3, 0.4) is 0 Å². The van der Waals surface area contributed by atoms with E-state index in [9.17, 15) is 19.7 Å². The monoisotopic (exact) mass is 394 g/mol. The average molecular weight is 394 g/mol. The largest absolute Gasteiger partial charge is 0.497 e. The second-order valence-electron chi connectivity index (χ2n) is 6.74. The highest BCUT2D eigenvalue weighted by Gasteiger charge is 2.43. The maximum atomic E-state index is 13.3. The van der Waals surface area contributed by atoms with Crippen LogP contribution in [0.15, 0.2) is 59.8 Å². The summed E-state index contributed by atoms with van der Waals surface area (Å²) in [6, 6.07) is 11.9. The van der Waals surface area contributed by atoms with Gasteiger partial charge in [-0.2, -0.15) is 0 Å². The summed E-state index contributed by atoms with van der Waals surface area (Å²) in [6.07, 6.45) is 0. The average Bonchev–Trinajstić information content (AvgIpc) is 3.08. The van der Waals surface area contributed by atoms with Crippen LogP contribution in [-0.2, 0) is 4.79 Å². The van der Waals surface area contributed by atoms with Crippen LogP contribution in [0, 0.1) is 10.1 Å². The van der Waals surface area contributed by atoms with Gasteiger partial charge >= 0.3 is 6.03 Å². The molecule has 2 aliphatic heterocycles. The van der Waals surface area contributed by atoms with Crippen LogP contribution in [0.2, 0.25) is 0 Å². The first-order valence-corrected chi connectivity index (χ1v) is 8.88. The number of urea groups is 1. The molecule has 0 saturated carbocycles. The number of hydrogen-bond donors (Lipinski definition) is 1. The van der Waals surface area contributed by atoms with E-state index >= 15 is 0 Å². The van der Waals surface area contributed by atoms with Crippen molar-refractivity contribution in [2.75, 3.05) is 25.6 Å². The molecule has 29 heavy (non-hydrogen) atoms. The van der Waals surface area contributed by atoms with Gasteiger partial charge in [0, 0.05) is 24.9 Å². The Kier molecular flexibility index (Phi) is 4.42. The summed E-state index contributed by atoms with van der Waals surface area (Å²) in [5, 5.41) is 13.9.